The third-order valence-corrected chi connectivity index (χ3v) is 5.41. The molecule has 0 bridgehead atoms. The Balaban J connectivity index is 1.78. The number of nitrogens with zero attached hydrogens (tertiary/aromatic N) is 2. The highest BCUT2D eigenvalue weighted by Gasteiger charge is 2.34. The lowest BCUT2D eigenvalue weighted by atomic mass is 10.1. The summed E-state index contributed by atoms with van der Waals surface area (Å²) in [5.41, 5.74) is 0.0952. The van der Waals surface area contributed by atoms with E-state index >= 15 is 0 Å². The normalized spacial score (nSPS) is 11.3. The van der Waals surface area contributed by atoms with Gasteiger partial charge in [0.1, 0.15) is 5.69 Å². The second kappa shape index (κ2) is 9.31. The van der Waals surface area contributed by atoms with Gasteiger partial charge in [-0.15, -0.1) is 0 Å². The largest absolute Gasteiger partial charge is 0.433 e. The molecule has 0 aliphatic heterocycles. The summed E-state index contributed by atoms with van der Waals surface area (Å²) in [4.78, 5) is 19.8. The lowest BCUT2D eigenvalue weighted by Gasteiger charge is -2.11. The summed E-state index contributed by atoms with van der Waals surface area (Å²) >= 11 is 8.80. The fourth-order valence-corrected chi connectivity index (χ4v) is 3.41. The highest BCUT2D eigenvalue weighted by Crippen LogP contribution is 2.32. The van der Waals surface area contributed by atoms with Gasteiger partial charge in [0, 0.05) is 19.8 Å². The maximum atomic E-state index is 13.2. The van der Waals surface area contributed by atoms with Gasteiger partial charge in [-0.05, 0) is 65.1 Å². The van der Waals surface area contributed by atoms with Crippen LogP contribution in [0.25, 0.3) is 11.3 Å². The minimum atomic E-state index is -4.64. The zero-order valence-corrected chi connectivity index (χ0v) is 18.2. The van der Waals surface area contributed by atoms with E-state index in [9.17, 15) is 18.0 Å². The highest BCUT2D eigenvalue weighted by molar-refractivity contribution is 14.1. The monoisotopic (exact) mass is 549 g/mol. The minimum Gasteiger partial charge on any atom is -0.325 e. The van der Waals surface area contributed by atoms with Crippen molar-refractivity contribution < 1.29 is 18.0 Å². The molecule has 0 saturated heterocycles. The molecule has 1 amide bonds. The third kappa shape index (κ3) is 6.31. The molecular formula is C19H12ClF3IN3OS. The van der Waals surface area contributed by atoms with Crippen LogP contribution >= 0.6 is 46.0 Å². The molecule has 29 heavy (non-hydrogen) atoms. The molecule has 4 nitrogen and oxygen atoms in total. The van der Waals surface area contributed by atoms with E-state index in [1.165, 1.54) is 0 Å². The number of alkyl halides is 3. The molecule has 1 N–H and O–H groups in total. The number of anilines is 1. The van der Waals surface area contributed by atoms with Crippen molar-refractivity contribution in [3.63, 3.8) is 0 Å². The van der Waals surface area contributed by atoms with Crippen molar-refractivity contribution in [3.05, 3.63) is 68.9 Å². The van der Waals surface area contributed by atoms with Crippen LogP contribution in [0.1, 0.15) is 5.69 Å². The summed E-state index contributed by atoms with van der Waals surface area (Å²) in [6, 6.07) is 14.3. The molecule has 150 valence electrons. The first-order chi connectivity index (χ1) is 13.7. The molecule has 0 radical (unpaired) electrons. The number of halogens is 5. The predicted molar refractivity (Wildman–Crippen MR) is 116 cm³/mol. The average Bonchev–Trinajstić information content (AvgIpc) is 2.68. The molecule has 0 fully saturated rings. The molecule has 3 rings (SSSR count). The molecular weight excluding hydrogens is 538 g/mol. The van der Waals surface area contributed by atoms with Crippen LogP contribution in [0, 0.1) is 3.57 Å². The number of benzene rings is 2. The van der Waals surface area contributed by atoms with Crippen molar-refractivity contribution in [2.75, 3.05) is 11.1 Å². The number of aromatic nitrogens is 2. The van der Waals surface area contributed by atoms with Gasteiger partial charge in [-0.2, -0.15) is 13.2 Å². The predicted octanol–water partition coefficient (Wildman–Crippen LogP) is 6.15. The molecule has 0 aliphatic rings. The Morgan fingerprint density at radius 3 is 2.34 bits per heavy atom. The molecule has 1 heterocycles. The smallest absolute Gasteiger partial charge is 0.325 e. The van der Waals surface area contributed by atoms with Crippen LogP contribution in [-0.4, -0.2) is 21.6 Å². The maximum absolute atomic E-state index is 13.2. The standard InChI is InChI=1S/C19H12ClF3IN3OS/c20-12-3-1-11(2-4-12)15-9-16(19(21,22)23)27-18(26-15)29-10-17(28)25-14-7-5-13(24)6-8-14/h1-9H,10H2,(H,25,28). The summed E-state index contributed by atoms with van der Waals surface area (Å²) in [5, 5.41) is 3.00. The first-order valence-corrected chi connectivity index (χ1v) is 10.6. The first kappa shape index (κ1) is 21.8. The molecule has 1 aromatic heterocycles. The van der Waals surface area contributed by atoms with Gasteiger partial charge >= 0.3 is 6.18 Å². The van der Waals surface area contributed by atoms with Gasteiger partial charge in [0.15, 0.2) is 5.16 Å². The molecule has 10 heteroatoms. The Bertz CT molecular complexity index is 1010. The van der Waals surface area contributed by atoms with E-state index < -0.39 is 11.9 Å². The minimum absolute atomic E-state index is 0.101. The van der Waals surface area contributed by atoms with E-state index in [1.54, 1.807) is 36.4 Å². The number of carbonyl (C=O) groups excluding carboxylic acids is 1. The summed E-state index contributed by atoms with van der Waals surface area (Å²) in [6.07, 6.45) is -4.64. The lowest BCUT2D eigenvalue weighted by Crippen LogP contribution is -2.15. The highest BCUT2D eigenvalue weighted by atomic mass is 127. The molecule has 2 aromatic carbocycles. The average molecular weight is 550 g/mol. The summed E-state index contributed by atoms with van der Waals surface area (Å²) in [7, 11) is 0. The fourth-order valence-electron chi connectivity index (χ4n) is 2.26. The number of nitrogens with one attached hydrogen (secondary N) is 1. The SMILES string of the molecule is O=C(CSc1nc(-c2ccc(Cl)cc2)cc(C(F)(F)F)n1)Nc1ccc(I)cc1. The van der Waals surface area contributed by atoms with Crippen LogP contribution < -0.4 is 5.32 Å². The van der Waals surface area contributed by atoms with Crippen molar-refractivity contribution >= 4 is 57.5 Å². The van der Waals surface area contributed by atoms with E-state index in [4.69, 9.17) is 11.6 Å². The Kier molecular flexibility index (Phi) is 7.01. The van der Waals surface area contributed by atoms with E-state index in [2.05, 4.69) is 37.9 Å². The number of thioether (sulfide) groups is 1. The van der Waals surface area contributed by atoms with Crippen LogP contribution in [0.2, 0.25) is 5.02 Å². The van der Waals surface area contributed by atoms with Gasteiger partial charge in [-0.3, -0.25) is 4.79 Å². The second-order valence-electron chi connectivity index (χ2n) is 5.77. The van der Waals surface area contributed by atoms with Crippen molar-refractivity contribution in [3.8, 4) is 11.3 Å². The zero-order valence-electron chi connectivity index (χ0n) is 14.5. The molecule has 3 aromatic rings. The zero-order chi connectivity index (χ0) is 21.0. The van der Waals surface area contributed by atoms with Crippen molar-refractivity contribution in [1.82, 2.24) is 9.97 Å². The van der Waals surface area contributed by atoms with Gasteiger partial charge in [0.2, 0.25) is 5.91 Å². The van der Waals surface area contributed by atoms with Crippen LogP contribution in [0.5, 0.6) is 0 Å². The molecule has 0 unspecified atom stereocenters. The van der Waals surface area contributed by atoms with Crippen molar-refractivity contribution in [1.29, 1.82) is 0 Å². The van der Waals surface area contributed by atoms with Crippen LogP contribution in [-0.2, 0) is 11.0 Å². The second-order valence-corrected chi connectivity index (χ2v) is 8.39. The maximum Gasteiger partial charge on any atom is 0.433 e. The van der Waals surface area contributed by atoms with Crippen LogP contribution in [0.3, 0.4) is 0 Å². The van der Waals surface area contributed by atoms with Gasteiger partial charge in [0.05, 0.1) is 11.4 Å². The lowest BCUT2D eigenvalue weighted by molar-refractivity contribution is -0.141. The van der Waals surface area contributed by atoms with Crippen LogP contribution in [0.4, 0.5) is 18.9 Å². The quantitative estimate of drug-likeness (QED) is 0.236. The first-order valence-electron chi connectivity index (χ1n) is 8.11. The van der Waals surface area contributed by atoms with Crippen molar-refractivity contribution in [2.45, 2.75) is 11.3 Å². The third-order valence-electron chi connectivity index (χ3n) is 3.60. The van der Waals surface area contributed by atoms with Crippen molar-refractivity contribution in [2.24, 2.45) is 0 Å². The molecule has 0 atom stereocenters. The number of hydrogen-bond donors (Lipinski definition) is 1. The van der Waals surface area contributed by atoms with Crippen LogP contribution in [0.15, 0.2) is 59.8 Å². The topological polar surface area (TPSA) is 54.9 Å². The van der Waals surface area contributed by atoms with E-state index in [0.29, 0.717) is 16.3 Å². The number of rotatable bonds is 5. The van der Waals surface area contributed by atoms with E-state index in [-0.39, 0.29) is 22.5 Å². The number of amides is 1. The van der Waals surface area contributed by atoms with Gasteiger partial charge in [-0.25, -0.2) is 9.97 Å². The number of carbonyl (C=O) groups is 1. The summed E-state index contributed by atoms with van der Waals surface area (Å²) in [6.45, 7) is 0. The summed E-state index contributed by atoms with van der Waals surface area (Å²) < 4.78 is 40.8. The molecule has 0 aliphatic carbocycles. The Morgan fingerprint density at radius 1 is 1.07 bits per heavy atom. The Labute approximate surface area is 187 Å². The molecule has 0 spiro atoms. The summed E-state index contributed by atoms with van der Waals surface area (Å²) in [5.74, 6) is -0.502. The van der Waals surface area contributed by atoms with Gasteiger partial charge in [-0.1, -0.05) is 35.5 Å². The Hall–Kier alpha value is -1.85. The van der Waals surface area contributed by atoms with E-state index in [1.807, 2.05) is 12.1 Å². The number of hydrogen-bond acceptors (Lipinski definition) is 4. The fraction of sp³-hybridized carbons (Fsp3) is 0.105. The molecule has 0 saturated carbocycles. The van der Waals surface area contributed by atoms with Gasteiger partial charge in [0.25, 0.3) is 0 Å². The Morgan fingerprint density at radius 2 is 1.72 bits per heavy atom. The van der Waals surface area contributed by atoms with E-state index in [0.717, 1.165) is 21.4 Å². The van der Waals surface area contributed by atoms with Gasteiger partial charge < -0.3 is 5.32 Å².